The van der Waals surface area contributed by atoms with Crippen LogP contribution in [0.25, 0.3) is 0 Å². The topological polar surface area (TPSA) is 78.6 Å². The van der Waals surface area contributed by atoms with Gasteiger partial charge in [0.2, 0.25) is 0 Å². The first-order chi connectivity index (χ1) is 9.37. The van der Waals surface area contributed by atoms with Crippen LogP contribution in [-0.2, 0) is 16.3 Å². The van der Waals surface area contributed by atoms with E-state index in [4.69, 9.17) is 15.2 Å². The van der Waals surface area contributed by atoms with Gasteiger partial charge < -0.3 is 15.2 Å². The molecule has 20 heavy (non-hydrogen) atoms. The van der Waals surface area contributed by atoms with E-state index in [-0.39, 0.29) is 5.75 Å². The zero-order chi connectivity index (χ0) is 15.2. The molecule has 7 heteroatoms. The lowest BCUT2D eigenvalue weighted by Crippen LogP contribution is -2.09. The van der Waals surface area contributed by atoms with E-state index >= 15 is 0 Å². The molecule has 0 saturated heterocycles. The van der Waals surface area contributed by atoms with E-state index in [0.29, 0.717) is 31.1 Å². The van der Waals surface area contributed by atoms with Gasteiger partial charge in [-0.15, -0.1) is 0 Å². The Morgan fingerprint density at radius 1 is 1.35 bits per heavy atom. The van der Waals surface area contributed by atoms with Crippen molar-refractivity contribution < 1.29 is 17.9 Å². The van der Waals surface area contributed by atoms with Crippen LogP contribution in [0.15, 0.2) is 16.6 Å². The van der Waals surface area contributed by atoms with E-state index in [2.05, 4.69) is 15.9 Å². The number of rotatable bonds is 8. The maximum atomic E-state index is 11.0. The Morgan fingerprint density at radius 2 is 2.05 bits per heavy atom. The standard InChI is InChI=1S/C13H20BrNO4S/c1-18-12-9-10(4-5-15)8-11(14)13(12)19-6-3-7-20(2,16)17/h8-9H,3-7,15H2,1-2H3. The molecule has 0 atom stereocenters. The molecule has 0 radical (unpaired) electrons. The van der Waals surface area contributed by atoms with Crippen LogP contribution < -0.4 is 15.2 Å². The molecule has 1 aromatic rings. The number of nitrogens with two attached hydrogens (primary N) is 1. The lowest BCUT2D eigenvalue weighted by atomic mass is 10.1. The number of hydrogen-bond donors (Lipinski definition) is 1. The Labute approximate surface area is 128 Å². The molecule has 0 spiro atoms. The van der Waals surface area contributed by atoms with Crippen LogP contribution in [0.2, 0.25) is 0 Å². The van der Waals surface area contributed by atoms with Gasteiger partial charge in [0.25, 0.3) is 0 Å². The second-order valence-corrected chi connectivity index (χ2v) is 7.59. The molecular formula is C13H20BrNO4S. The number of halogens is 1. The molecule has 0 aliphatic carbocycles. The van der Waals surface area contributed by atoms with E-state index in [1.54, 1.807) is 7.11 Å². The second-order valence-electron chi connectivity index (χ2n) is 4.48. The highest BCUT2D eigenvalue weighted by atomic mass is 79.9. The summed E-state index contributed by atoms with van der Waals surface area (Å²) < 4.78 is 33.8. The molecule has 2 N–H and O–H groups in total. The third kappa shape index (κ3) is 5.68. The highest BCUT2D eigenvalue weighted by molar-refractivity contribution is 9.10. The molecule has 0 aromatic heterocycles. The molecule has 0 fully saturated rings. The van der Waals surface area contributed by atoms with Gasteiger partial charge in [0.1, 0.15) is 9.84 Å². The summed E-state index contributed by atoms with van der Waals surface area (Å²) in [5.41, 5.74) is 6.59. The highest BCUT2D eigenvalue weighted by Gasteiger charge is 2.12. The maximum absolute atomic E-state index is 11.0. The summed E-state index contributed by atoms with van der Waals surface area (Å²) >= 11 is 3.44. The fourth-order valence-corrected chi connectivity index (χ4v) is 2.97. The van der Waals surface area contributed by atoms with Crippen LogP contribution in [0.5, 0.6) is 11.5 Å². The normalized spacial score (nSPS) is 11.4. The zero-order valence-corrected chi connectivity index (χ0v) is 14.1. The quantitative estimate of drug-likeness (QED) is 0.710. The minimum absolute atomic E-state index is 0.109. The Kier molecular flexibility index (Phi) is 6.78. The first-order valence-corrected chi connectivity index (χ1v) is 9.09. The smallest absolute Gasteiger partial charge is 0.175 e. The van der Waals surface area contributed by atoms with Gasteiger partial charge in [-0.25, -0.2) is 8.42 Å². The summed E-state index contributed by atoms with van der Waals surface area (Å²) in [6.07, 6.45) is 2.41. The Bertz CT molecular complexity index is 546. The molecule has 0 bridgehead atoms. The average Bonchev–Trinajstić information content (AvgIpc) is 2.35. The summed E-state index contributed by atoms with van der Waals surface area (Å²) in [4.78, 5) is 0. The summed E-state index contributed by atoms with van der Waals surface area (Å²) in [5, 5.41) is 0. The fraction of sp³-hybridized carbons (Fsp3) is 0.538. The van der Waals surface area contributed by atoms with Crippen molar-refractivity contribution in [2.75, 3.05) is 32.3 Å². The molecule has 0 aliphatic heterocycles. The SMILES string of the molecule is COc1cc(CCN)cc(Br)c1OCCCS(C)(=O)=O. The predicted molar refractivity (Wildman–Crippen MR) is 83.3 cm³/mol. The summed E-state index contributed by atoms with van der Waals surface area (Å²) in [5.74, 6) is 1.31. The minimum atomic E-state index is -2.96. The molecule has 0 unspecified atom stereocenters. The highest BCUT2D eigenvalue weighted by Crippen LogP contribution is 2.36. The third-order valence-electron chi connectivity index (χ3n) is 2.63. The van der Waals surface area contributed by atoms with Gasteiger partial charge in [-0.05, 0) is 53.0 Å². The van der Waals surface area contributed by atoms with Crippen molar-refractivity contribution in [1.29, 1.82) is 0 Å². The number of methoxy groups -OCH3 is 1. The van der Waals surface area contributed by atoms with Gasteiger partial charge in [-0.2, -0.15) is 0 Å². The van der Waals surface area contributed by atoms with Crippen molar-refractivity contribution in [3.05, 3.63) is 22.2 Å². The average molecular weight is 366 g/mol. The molecular weight excluding hydrogens is 346 g/mol. The van der Waals surface area contributed by atoms with E-state index < -0.39 is 9.84 Å². The monoisotopic (exact) mass is 365 g/mol. The Hall–Kier alpha value is -0.790. The molecule has 0 heterocycles. The third-order valence-corrected chi connectivity index (χ3v) is 4.25. The fourth-order valence-electron chi connectivity index (χ4n) is 1.72. The lowest BCUT2D eigenvalue weighted by Gasteiger charge is -2.14. The zero-order valence-electron chi connectivity index (χ0n) is 11.7. The lowest BCUT2D eigenvalue weighted by molar-refractivity contribution is 0.292. The van der Waals surface area contributed by atoms with Crippen LogP contribution in [0.4, 0.5) is 0 Å². The predicted octanol–water partition coefficient (Wildman–Crippen LogP) is 1.77. The van der Waals surface area contributed by atoms with E-state index in [1.807, 2.05) is 12.1 Å². The molecule has 1 rings (SSSR count). The van der Waals surface area contributed by atoms with E-state index in [9.17, 15) is 8.42 Å². The van der Waals surface area contributed by atoms with Gasteiger partial charge >= 0.3 is 0 Å². The number of sulfone groups is 1. The van der Waals surface area contributed by atoms with Crippen LogP contribution in [0, 0.1) is 0 Å². The largest absolute Gasteiger partial charge is 0.493 e. The molecule has 0 amide bonds. The van der Waals surface area contributed by atoms with Gasteiger partial charge in [0.05, 0.1) is 23.9 Å². The van der Waals surface area contributed by atoms with Crippen LogP contribution >= 0.6 is 15.9 Å². The van der Waals surface area contributed by atoms with Crippen molar-refractivity contribution >= 4 is 25.8 Å². The van der Waals surface area contributed by atoms with E-state index in [0.717, 1.165) is 16.5 Å². The first-order valence-electron chi connectivity index (χ1n) is 6.24. The number of ether oxygens (including phenoxy) is 2. The van der Waals surface area contributed by atoms with Gasteiger partial charge in [-0.1, -0.05) is 0 Å². The van der Waals surface area contributed by atoms with Crippen molar-refractivity contribution in [1.82, 2.24) is 0 Å². The summed E-state index contributed by atoms with van der Waals surface area (Å²) in [7, 11) is -1.39. The molecule has 114 valence electrons. The van der Waals surface area contributed by atoms with Crippen molar-refractivity contribution in [3.8, 4) is 11.5 Å². The van der Waals surface area contributed by atoms with Crippen molar-refractivity contribution in [2.45, 2.75) is 12.8 Å². The van der Waals surface area contributed by atoms with Gasteiger partial charge in [0, 0.05) is 6.26 Å². The maximum Gasteiger partial charge on any atom is 0.175 e. The Balaban J connectivity index is 2.74. The molecule has 0 saturated carbocycles. The van der Waals surface area contributed by atoms with Crippen LogP contribution in [-0.4, -0.2) is 40.7 Å². The molecule has 0 aliphatic rings. The summed E-state index contributed by atoms with van der Waals surface area (Å²) in [6, 6.07) is 3.81. The van der Waals surface area contributed by atoms with Crippen molar-refractivity contribution in [2.24, 2.45) is 5.73 Å². The Morgan fingerprint density at radius 3 is 2.60 bits per heavy atom. The summed E-state index contributed by atoms with van der Waals surface area (Å²) in [6.45, 7) is 0.877. The second kappa shape index (κ2) is 7.85. The van der Waals surface area contributed by atoms with Crippen LogP contribution in [0.3, 0.4) is 0 Å². The van der Waals surface area contributed by atoms with Gasteiger partial charge in [0.15, 0.2) is 11.5 Å². The van der Waals surface area contributed by atoms with Crippen LogP contribution in [0.1, 0.15) is 12.0 Å². The number of benzene rings is 1. The molecule has 1 aromatic carbocycles. The molecule has 5 nitrogen and oxygen atoms in total. The number of hydrogen-bond acceptors (Lipinski definition) is 5. The van der Waals surface area contributed by atoms with Crippen molar-refractivity contribution in [3.63, 3.8) is 0 Å². The minimum Gasteiger partial charge on any atom is -0.493 e. The first kappa shape index (κ1) is 17.3. The van der Waals surface area contributed by atoms with E-state index in [1.165, 1.54) is 6.26 Å². The van der Waals surface area contributed by atoms with Gasteiger partial charge in [-0.3, -0.25) is 0 Å².